The van der Waals surface area contributed by atoms with Crippen molar-refractivity contribution in [2.45, 2.75) is 19.4 Å². The molecule has 0 radical (unpaired) electrons. The minimum atomic E-state index is -0.736. The van der Waals surface area contributed by atoms with Gasteiger partial charge in [-0.2, -0.15) is 0 Å². The molecule has 0 aliphatic carbocycles. The molecule has 0 fully saturated rings. The van der Waals surface area contributed by atoms with Crippen LogP contribution in [0.15, 0.2) is 35.1 Å². The quantitative estimate of drug-likeness (QED) is 0.770. The van der Waals surface area contributed by atoms with Gasteiger partial charge in [0.2, 0.25) is 0 Å². The van der Waals surface area contributed by atoms with Crippen LogP contribution in [0, 0.1) is 0 Å². The van der Waals surface area contributed by atoms with Crippen molar-refractivity contribution < 1.29 is 9.90 Å². The second kappa shape index (κ2) is 4.85. The third-order valence-corrected chi connectivity index (χ3v) is 2.85. The van der Waals surface area contributed by atoms with Crippen LogP contribution in [0.2, 0.25) is 0 Å². The summed E-state index contributed by atoms with van der Waals surface area (Å²) in [4.78, 5) is 26.4. The number of aliphatic hydroxyl groups excluding tert-OH is 1. The zero-order chi connectivity index (χ0) is 14.0. The molecule has 1 aromatic heterocycles. The van der Waals surface area contributed by atoms with Gasteiger partial charge in [0, 0.05) is 5.39 Å². The number of nitrogens with one attached hydrogen (secondary N) is 2. The van der Waals surface area contributed by atoms with Crippen molar-refractivity contribution in [2.75, 3.05) is 6.61 Å². The molecular formula is C14H16N2O3. The molecule has 2 rings (SSSR count). The predicted molar refractivity (Wildman–Crippen MR) is 73.2 cm³/mol. The first-order valence-corrected chi connectivity index (χ1v) is 5.98. The fourth-order valence-electron chi connectivity index (χ4n) is 1.75. The molecule has 0 aliphatic heterocycles. The van der Waals surface area contributed by atoms with Gasteiger partial charge in [0.25, 0.3) is 11.5 Å². The average Bonchev–Trinajstić information content (AvgIpc) is 2.38. The molecule has 0 bridgehead atoms. The van der Waals surface area contributed by atoms with Crippen LogP contribution < -0.4 is 10.9 Å². The van der Waals surface area contributed by atoms with E-state index in [2.05, 4.69) is 10.3 Å². The molecular weight excluding hydrogens is 244 g/mol. The zero-order valence-electron chi connectivity index (χ0n) is 10.9. The lowest BCUT2D eigenvalue weighted by atomic mass is 10.1. The number of rotatable bonds is 3. The first kappa shape index (κ1) is 13.3. The van der Waals surface area contributed by atoms with E-state index >= 15 is 0 Å². The Morgan fingerprint density at radius 1 is 1.37 bits per heavy atom. The molecule has 0 spiro atoms. The largest absolute Gasteiger partial charge is 0.394 e. The molecule has 1 heterocycles. The summed E-state index contributed by atoms with van der Waals surface area (Å²) >= 11 is 0. The number of benzene rings is 1. The van der Waals surface area contributed by atoms with Gasteiger partial charge in [-0.05, 0) is 31.4 Å². The highest BCUT2D eigenvalue weighted by atomic mass is 16.3. The number of fused-ring (bicyclic) bond motifs is 1. The average molecular weight is 260 g/mol. The Hall–Kier alpha value is -2.14. The predicted octanol–water partition coefficient (Wildman–Crippen LogP) is 1.03. The minimum absolute atomic E-state index is 0.184. The number of H-pyrrole nitrogens is 1. The van der Waals surface area contributed by atoms with E-state index in [0.717, 1.165) is 0 Å². The van der Waals surface area contributed by atoms with E-state index in [-0.39, 0.29) is 17.9 Å². The summed E-state index contributed by atoms with van der Waals surface area (Å²) in [6.07, 6.45) is 0. The van der Waals surface area contributed by atoms with Gasteiger partial charge in [0.15, 0.2) is 0 Å². The maximum absolute atomic E-state index is 12.0. The summed E-state index contributed by atoms with van der Waals surface area (Å²) in [6.45, 7) is 3.21. The monoisotopic (exact) mass is 260 g/mol. The number of aromatic amines is 1. The summed E-state index contributed by atoms with van der Waals surface area (Å²) < 4.78 is 0. The maximum atomic E-state index is 12.0. The fraction of sp³-hybridized carbons (Fsp3) is 0.286. The smallest absolute Gasteiger partial charge is 0.268 e. The van der Waals surface area contributed by atoms with Gasteiger partial charge in [-0.1, -0.05) is 18.2 Å². The Morgan fingerprint density at radius 3 is 2.74 bits per heavy atom. The molecule has 1 amide bonds. The Balaban J connectivity index is 2.41. The van der Waals surface area contributed by atoms with Gasteiger partial charge < -0.3 is 15.4 Å². The van der Waals surface area contributed by atoms with Crippen molar-refractivity contribution in [3.05, 3.63) is 46.4 Å². The van der Waals surface area contributed by atoms with Crippen LogP contribution in [0.5, 0.6) is 0 Å². The van der Waals surface area contributed by atoms with Gasteiger partial charge >= 0.3 is 0 Å². The fourth-order valence-corrected chi connectivity index (χ4v) is 1.75. The van der Waals surface area contributed by atoms with Gasteiger partial charge in [0.05, 0.1) is 12.1 Å². The summed E-state index contributed by atoms with van der Waals surface area (Å²) in [5.74, 6) is -0.415. The summed E-state index contributed by atoms with van der Waals surface area (Å²) in [6, 6.07) is 8.68. The van der Waals surface area contributed by atoms with Crippen LogP contribution in [0.1, 0.15) is 24.3 Å². The molecule has 100 valence electrons. The Kier molecular flexibility index (Phi) is 3.40. The Bertz CT molecular complexity index is 674. The molecule has 0 atom stereocenters. The summed E-state index contributed by atoms with van der Waals surface area (Å²) in [5, 5.41) is 13.0. The number of carbonyl (C=O) groups is 1. The minimum Gasteiger partial charge on any atom is -0.394 e. The number of hydrogen-bond acceptors (Lipinski definition) is 3. The highest BCUT2D eigenvalue weighted by Gasteiger charge is 2.20. The van der Waals surface area contributed by atoms with Crippen LogP contribution in [-0.2, 0) is 0 Å². The first-order valence-electron chi connectivity index (χ1n) is 5.98. The zero-order valence-corrected chi connectivity index (χ0v) is 10.9. The molecule has 2 aromatic rings. The van der Waals surface area contributed by atoms with Crippen molar-refractivity contribution in [3.8, 4) is 0 Å². The molecule has 0 saturated carbocycles. The molecule has 0 unspecified atom stereocenters. The molecule has 19 heavy (non-hydrogen) atoms. The van der Waals surface area contributed by atoms with Gasteiger partial charge in [-0.25, -0.2) is 0 Å². The van der Waals surface area contributed by atoms with Crippen molar-refractivity contribution in [1.82, 2.24) is 10.3 Å². The number of amides is 1. The van der Waals surface area contributed by atoms with Crippen molar-refractivity contribution >= 4 is 16.7 Å². The lowest BCUT2D eigenvalue weighted by Gasteiger charge is -2.23. The molecule has 5 heteroatoms. The van der Waals surface area contributed by atoms with Crippen molar-refractivity contribution in [3.63, 3.8) is 0 Å². The van der Waals surface area contributed by atoms with E-state index in [1.807, 2.05) is 0 Å². The number of hydrogen-bond donors (Lipinski definition) is 3. The Labute approximate surface area is 110 Å². The summed E-state index contributed by atoms with van der Waals surface area (Å²) in [5.41, 5.74) is -0.852. The third kappa shape index (κ3) is 2.82. The SMILES string of the molecule is CC(C)(CO)NC(=O)c1cc2ccccc2c(=O)[nH]1. The standard InChI is InChI=1S/C14H16N2O3/c1-14(2,8-17)16-13(19)11-7-9-5-3-4-6-10(9)12(18)15-11/h3-7,17H,8H2,1-2H3,(H,15,18)(H,16,19). The van der Waals surface area contributed by atoms with E-state index in [4.69, 9.17) is 5.11 Å². The van der Waals surface area contributed by atoms with Crippen LogP contribution in [-0.4, -0.2) is 28.1 Å². The molecule has 1 aromatic carbocycles. The van der Waals surface area contributed by atoms with Crippen LogP contribution in [0.25, 0.3) is 10.8 Å². The van der Waals surface area contributed by atoms with Crippen molar-refractivity contribution in [1.29, 1.82) is 0 Å². The lowest BCUT2D eigenvalue weighted by molar-refractivity contribution is 0.0864. The molecule has 3 N–H and O–H groups in total. The lowest BCUT2D eigenvalue weighted by Crippen LogP contribution is -2.46. The van der Waals surface area contributed by atoms with E-state index in [1.54, 1.807) is 44.2 Å². The number of carbonyl (C=O) groups excluding carboxylic acids is 1. The van der Waals surface area contributed by atoms with Crippen molar-refractivity contribution in [2.24, 2.45) is 0 Å². The van der Waals surface area contributed by atoms with E-state index < -0.39 is 11.4 Å². The highest BCUT2D eigenvalue weighted by molar-refractivity contribution is 5.96. The van der Waals surface area contributed by atoms with Crippen LogP contribution >= 0.6 is 0 Å². The maximum Gasteiger partial charge on any atom is 0.268 e. The second-order valence-corrected chi connectivity index (χ2v) is 5.10. The summed E-state index contributed by atoms with van der Waals surface area (Å²) in [7, 11) is 0. The first-order chi connectivity index (χ1) is 8.93. The number of aliphatic hydroxyl groups is 1. The molecule has 5 nitrogen and oxygen atoms in total. The third-order valence-electron chi connectivity index (χ3n) is 2.85. The van der Waals surface area contributed by atoms with Crippen LogP contribution in [0.3, 0.4) is 0 Å². The van der Waals surface area contributed by atoms with E-state index in [1.165, 1.54) is 0 Å². The number of aromatic nitrogens is 1. The van der Waals surface area contributed by atoms with Crippen LogP contribution in [0.4, 0.5) is 0 Å². The highest BCUT2D eigenvalue weighted by Crippen LogP contribution is 2.10. The molecule has 0 aliphatic rings. The van der Waals surface area contributed by atoms with Gasteiger partial charge in [0.1, 0.15) is 5.69 Å². The normalized spacial score (nSPS) is 11.5. The topological polar surface area (TPSA) is 82.2 Å². The van der Waals surface area contributed by atoms with E-state index in [0.29, 0.717) is 10.8 Å². The van der Waals surface area contributed by atoms with Gasteiger partial charge in [-0.15, -0.1) is 0 Å². The Morgan fingerprint density at radius 2 is 2.05 bits per heavy atom. The van der Waals surface area contributed by atoms with Gasteiger partial charge in [-0.3, -0.25) is 9.59 Å². The number of pyridine rings is 1. The van der Waals surface area contributed by atoms with E-state index in [9.17, 15) is 9.59 Å². The second-order valence-electron chi connectivity index (χ2n) is 5.10. The molecule has 0 saturated heterocycles.